The van der Waals surface area contributed by atoms with Crippen molar-refractivity contribution in [3.8, 4) is 0 Å². The third-order valence-electron chi connectivity index (χ3n) is 3.70. The summed E-state index contributed by atoms with van der Waals surface area (Å²) in [6, 6.07) is 30.2. The Labute approximate surface area is 128 Å². The van der Waals surface area contributed by atoms with Gasteiger partial charge in [0.1, 0.15) is 0 Å². The first-order valence-corrected chi connectivity index (χ1v) is 7.86. The molecular weight excluding hydrogens is 272 g/mol. The minimum Gasteiger partial charge on any atom is -0.0894 e. The van der Waals surface area contributed by atoms with Gasteiger partial charge in [0.15, 0.2) is 0 Å². The van der Waals surface area contributed by atoms with Gasteiger partial charge in [-0.15, -0.1) is 0 Å². The molecule has 0 saturated carbocycles. The summed E-state index contributed by atoms with van der Waals surface area (Å²) in [5.41, 5.74) is 0. The number of hydrogen-bond donors (Lipinski definition) is 0. The Hall–Kier alpha value is -2.25. The zero-order valence-electron chi connectivity index (χ0n) is 11.5. The predicted molar refractivity (Wildman–Crippen MR) is 92.0 cm³/mol. The van der Waals surface area contributed by atoms with E-state index in [9.17, 15) is 0 Å². The summed E-state index contributed by atoms with van der Waals surface area (Å²) in [7, 11) is 0. The molecule has 21 heavy (non-hydrogen) atoms. The van der Waals surface area contributed by atoms with E-state index in [0.29, 0.717) is 0 Å². The fraction of sp³-hybridized carbons (Fsp3) is 0. The Morgan fingerprint density at radius 1 is 0.524 bits per heavy atom. The van der Waals surface area contributed by atoms with Crippen LogP contribution in [0.25, 0.3) is 21.5 Å². The fourth-order valence-corrected chi connectivity index (χ4v) is 3.66. The Morgan fingerprint density at radius 3 is 2.14 bits per heavy atom. The molecule has 1 heteroatoms. The molecule has 4 aromatic carbocycles. The van der Waals surface area contributed by atoms with Gasteiger partial charge in [-0.1, -0.05) is 78.5 Å². The standard InChI is InChI=1S/C20H14S/c1-2-8-17-14-18(13-12-15(17)6-1)21-20-11-5-9-16-7-3-4-10-19(16)20/h1-14H. The van der Waals surface area contributed by atoms with Crippen LogP contribution in [0.1, 0.15) is 0 Å². The van der Waals surface area contributed by atoms with Gasteiger partial charge in [-0.3, -0.25) is 0 Å². The molecule has 0 amide bonds. The van der Waals surface area contributed by atoms with Crippen molar-refractivity contribution in [3.05, 3.63) is 84.9 Å². The summed E-state index contributed by atoms with van der Waals surface area (Å²) in [6.45, 7) is 0. The molecule has 0 heterocycles. The van der Waals surface area contributed by atoms with Crippen molar-refractivity contribution in [2.45, 2.75) is 9.79 Å². The van der Waals surface area contributed by atoms with Gasteiger partial charge >= 0.3 is 0 Å². The molecule has 0 bridgehead atoms. The van der Waals surface area contributed by atoms with E-state index in [1.807, 2.05) is 11.8 Å². The fourth-order valence-electron chi connectivity index (χ4n) is 2.64. The van der Waals surface area contributed by atoms with Gasteiger partial charge in [-0.25, -0.2) is 0 Å². The lowest BCUT2D eigenvalue weighted by Crippen LogP contribution is -1.79. The maximum atomic E-state index is 2.27. The number of fused-ring (bicyclic) bond motifs is 2. The molecule has 4 aromatic rings. The molecule has 4 rings (SSSR count). The maximum Gasteiger partial charge on any atom is 0.0200 e. The Balaban J connectivity index is 1.79. The second-order valence-corrected chi connectivity index (χ2v) is 6.20. The highest BCUT2D eigenvalue weighted by molar-refractivity contribution is 7.99. The Bertz CT molecular complexity index is 919. The third-order valence-corrected chi connectivity index (χ3v) is 4.76. The molecule has 0 saturated heterocycles. The second-order valence-electron chi connectivity index (χ2n) is 5.09. The predicted octanol–water partition coefficient (Wildman–Crippen LogP) is 6.14. The van der Waals surface area contributed by atoms with E-state index >= 15 is 0 Å². The first-order valence-electron chi connectivity index (χ1n) is 7.04. The number of rotatable bonds is 2. The van der Waals surface area contributed by atoms with Crippen LogP contribution in [0.5, 0.6) is 0 Å². The Morgan fingerprint density at radius 2 is 1.24 bits per heavy atom. The molecule has 0 radical (unpaired) electrons. The van der Waals surface area contributed by atoms with E-state index in [2.05, 4.69) is 84.9 Å². The summed E-state index contributed by atoms with van der Waals surface area (Å²) in [4.78, 5) is 2.59. The lowest BCUT2D eigenvalue weighted by Gasteiger charge is -2.07. The molecule has 0 atom stereocenters. The summed E-state index contributed by atoms with van der Waals surface area (Å²) >= 11 is 1.83. The summed E-state index contributed by atoms with van der Waals surface area (Å²) in [5.74, 6) is 0. The highest BCUT2D eigenvalue weighted by Gasteiger charge is 2.03. The van der Waals surface area contributed by atoms with Crippen molar-refractivity contribution in [1.82, 2.24) is 0 Å². The normalized spacial score (nSPS) is 11.0. The molecule has 0 aliphatic heterocycles. The molecule has 0 unspecified atom stereocenters. The molecule has 0 nitrogen and oxygen atoms in total. The topological polar surface area (TPSA) is 0 Å². The second kappa shape index (κ2) is 5.27. The van der Waals surface area contributed by atoms with E-state index in [4.69, 9.17) is 0 Å². The summed E-state index contributed by atoms with van der Waals surface area (Å²) < 4.78 is 0. The third kappa shape index (κ3) is 2.41. The van der Waals surface area contributed by atoms with Crippen LogP contribution < -0.4 is 0 Å². The number of benzene rings is 4. The van der Waals surface area contributed by atoms with Crippen LogP contribution in [0.3, 0.4) is 0 Å². The first-order chi connectivity index (χ1) is 10.4. The molecule has 0 aromatic heterocycles. The van der Waals surface area contributed by atoms with Crippen molar-refractivity contribution in [3.63, 3.8) is 0 Å². The van der Waals surface area contributed by atoms with Gasteiger partial charge in [0.05, 0.1) is 0 Å². The van der Waals surface area contributed by atoms with Gasteiger partial charge < -0.3 is 0 Å². The molecular formula is C20H14S. The van der Waals surface area contributed by atoms with Crippen LogP contribution in [0.2, 0.25) is 0 Å². The molecule has 0 fully saturated rings. The molecule has 0 aliphatic rings. The van der Waals surface area contributed by atoms with Crippen LogP contribution in [-0.4, -0.2) is 0 Å². The monoisotopic (exact) mass is 286 g/mol. The van der Waals surface area contributed by atoms with Crippen LogP contribution in [0, 0.1) is 0 Å². The zero-order valence-corrected chi connectivity index (χ0v) is 12.3. The van der Waals surface area contributed by atoms with Gasteiger partial charge in [-0.05, 0) is 39.7 Å². The smallest absolute Gasteiger partial charge is 0.0200 e. The molecule has 0 aliphatic carbocycles. The van der Waals surface area contributed by atoms with E-state index in [0.717, 1.165) is 0 Å². The lowest BCUT2D eigenvalue weighted by molar-refractivity contribution is 1.46. The highest BCUT2D eigenvalue weighted by Crippen LogP contribution is 2.34. The van der Waals surface area contributed by atoms with E-state index in [1.54, 1.807) is 0 Å². The van der Waals surface area contributed by atoms with Crippen molar-refractivity contribution in [1.29, 1.82) is 0 Å². The lowest BCUT2D eigenvalue weighted by atomic mass is 10.1. The van der Waals surface area contributed by atoms with E-state index in [1.165, 1.54) is 31.3 Å². The Kier molecular flexibility index (Phi) is 3.13. The maximum absolute atomic E-state index is 2.27. The molecule has 0 N–H and O–H groups in total. The summed E-state index contributed by atoms with van der Waals surface area (Å²) in [5, 5.41) is 5.20. The largest absolute Gasteiger partial charge is 0.0894 e. The van der Waals surface area contributed by atoms with Crippen LogP contribution in [-0.2, 0) is 0 Å². The minimum atomic E-state index is 1.28. The van der Waals surface area contributed by atoms with Crippen LogP contribution >= 0.6 is 11.8 Å². The average molecular weight is 286 g/mol. The minimum absolute atomic E-state index is 1.28. The van der Waals surface area contributed by atoms with Crippen molar-refractivity contribution >= 4 is 33.3 Å². The van der Waals surface area contributed by atoms with Crippen molar-refractivity contribution in [2.75, 3.05) is 0 Å². The first kappa shape index (κ1) is 12.5. The molecule has 100 valence electrons. The quantitative estimate of drug-likeness (QED) is 0.426. The SMILES string of the molecule is c1ccc2cc(Sc3cccc4ccccc34)ccc2c1. The van der Waals surface area contributed by atoms with Gasteiger partial charge in [0, 0.05) is 9.79 Å². The summed E-state index contributed by atoms with van der Waals surface area (Å²) in [6.07, 6.45) is 0. The van der Waals surface area contributed by atoms with Crippen molar-refractivity contribution in [2.24, 2.45) is 0 Å². The van der Waals surface area contributed by atoms with Crippen LogP contribution in [0.15, 0.2) is 94.7 Å². The number of hydrogen-bond acceptors (Lipinski definition) is 1. The highest BCUT2D eigenvalue weighted by atomic mass is 32.2. The van der Waals surface area contributed by atoms with Gasteiger partial charge in [0.25, 0.3) is 0 Å². The average Bonchev–Trinajstić information content (AvgIpc) is 2.55. The molecule has 0 spiro atoms. The van der Waals surface area contributed by atoms with Gasteiger partial charge in [0.2, 0.25) is 0 Å². The zero-order chi connectivity index (χ0) is 14.1. The van der Waals surface area contributed by atoms with Gasteiger partial charge in [-0.2, -0.15) is 0 Å². The van der Waals surface area contributed by atoms with Crippen molar-refractivity contribution < 1.29 is 0 Å². The van der Waals surface area contributed by atoms with E-state index in [-0.39, 0.29) is 0 Å². The van der Waals surface area contributed by atoms with E-state index < -0.39 is 0 Å². The van der Waals surface area contributed by atoms with Crippen LogP contribution in [0.4, 0.5) is 0 Å².